The van der Waals surface area contributed by atoms with Crippen LogP contribution in [0.2, 0.25) is 0 Å². The summed E-state index contributed by atoms with van der Waals surface area (Å²) in [6.45, 7) is 0.436. The minimum Gasteiger partial charge on any atom is -0.488 e. The molecule has 0 aliphatic carbocycles. The molecule has 4 nitrogen and oxygen atoms in total. The molecule has 0 unspecified atom stereocenters. The maximum Gasteiger partial charge on any atom is 0.270 e. The first-order valence-electron chi connectivity index (χ1n) is 11.2. The second-order valence-electron chi connectivity index (χ2n) is 8.39. The van der Waals surface area contributed by atoms with Crippen molar-refractivity contribution in [3.05, 3.63) is 107 Å². The van der Waals surface area contributed by atoms with Gasteiger partial charge in [0.05, 0.1) is 10.6 Å². The molecule has 6 heteroatoms. The maximum atomic E-state index is 13.3. The fraction of sp³-hybridized carbons (Fsp3) is 0.103. The average molecular weight is 497 g/mol. The van der Waals surface area contributed by atoms with Crippen molar-refractivity contribution in [3.63, 3.8) is 0 Å². The summed E-state index contributed by atoms with van der Waals surface area (Å²) in [6, 6.07) is 30.1. The topological polar surface area (TPSA) is 32.8 Å². The Hall–Kier alpha value is -3.61. The lowest BCUT2D eigenvalue weighted by Gasteiger charge is -2.17. The van der Waals surface area contributed by atoms with E-state index in [4.69, 9.17) is 17.0 Å². The molecular weight excluding hydrogens is 472 g/mol. The second-order valence-corrected chi connectivity index (χ2v) is 10.1. The first kappa shape index (κ1) is 23.1. The summed E-state index contributed by atoms with van der Waals surface area (Å²) in [7, 11) is 3.97. The largest absolute Gasteiger partial charge is 0.488 e. The van der Waals surface area contributed by atoms with Gasteiger partial charge in [0.2, 0.25) is 0 Å². The van der Waals surface area contributed by atoms with Gasteiger partial charge >= 0.3 is 0 Å². The average Bonchev–Trinajstić information content (AvgIpc) is 3.15. The number of nitrogens with zero attached hydrogens (tertiary/aromatic N) is 2. The molecule has 4 aromatic rings. The van der Waals surface area contributed by atoms with E-state index in [1.54, 1.807) is 4.90 Å². The highest BCUT2D eigenvalue weighted by molar-refractivity contribution is 8.27. The lowest BCUT2D eigenvalue weighted by atomic mass is 10.1. The van der Waals surface area contributed by atoms with Crippen molar-refractivity contribution in [3.8, 4) is 5.75 Å². The van der Waals surface area contributed by atoms with Crippen LogP contribution in [0.3, 0.4) is 0 Å². The number of anilines is 2. The van der Waals surface area contributed by atoms with Crippen molar-refractivity contribution in [1.82, 2.24) is 0 Å². The van der Waals surface area contributed by atoms with E-state index in [-0.39, 0.29) is 5.91 Å². The van der Waals surface area contributed by atoms with Crippen LogP contribution in [0.4, 0.5) is 11.4 Å². The predicted molar refractivity (Wildman–Crippen MR) is 151 cm³/mol. The molecule has 1 fully saturated rings. The van der Waals surface area contributed by atoms with Crippen molar-refractivity contribution < 1.29 is 9.53 Å². The number of thiocarbonyl (C=S) groups is 1. The number of thioether (sulfide) groups is 1. The number of amides is 1. The number of rotatable bonds is 6. The van der Waals surface area contributed by atoms with Gasteiger partial charge in [0.25, 0.3) is 5.91 Å². The molecular formula is C29H24N2O2S2. The maximum absolute atomic E-state index is 13.3. The minimum atomic E-state index is -0.124. The fourth-order valence-corrected chi connectivity index (χ4v) is 5.33. The summed E-state index contributed by atoms with van der Waals surface area (Å²) < 4.78 is 6.76. The number of ether oxygens (including phenoxy) is 1. The molecule has 0 radical (unpaired) electrons. The Balaban J connectivity index is 1.38. The molecule has 0 N–H and O–H groups in total. The van der Waals surface area contributed by atoms with Crippen molar-refractivity contribution in [1.29, 1.82) is 0 Å². The van der Waals surface area contributed by atoms with E-state index in [0.29, 0.717) is 15.8 Å². The Morgan fingerprint density at radius 2 is 1.63 bits per heavy atom. The first-order valence-corrected chi connectivity index (χ1v) is 12.5. The van der Waals surface area contributed by atoms with Gasteiger partial charge in [0, 0.05) is 25.3 Å². The van der Waals surface area contributed by atoms with E-state index in [9.17, 15) is 4.79 Å². The summed E-state index contributed by atoms with van der Waals surface area (Å²) in [5, 5.41) is 2.36. The Bertz CT molecular complexity index is 1440. The monoisotopic (exact) mass is 496 g/mol. The van der Waals surface area contributed by atoms with E-state index in [1.807, 2.05) is 91.8 Å². The minimum absolute atomic E-state index is 0.124. The molecule has 0 spiro atoms. The molecule has 4 aromatic carbocycles. The Labute approximate surface area is 214 Å². The Morgan fingerprint density at radius 3 is 2.43 bits per heavy atom. The molecule has 0 atom stereocenters. The zero-order valence-electron chi connectivity index (χ0n) is 19.5. The fourth-order valence-electron chi connectivity index (χ4n) is 4.04. The van der Waals surface area contributed by atoms with E-state index < -0.39 is 0 Å². The number of fused-ring (bicyclic) bond motifs is 1. The summed E-state index contributed by atoms with van der Waals surface area (Å²) in [5.41, 5.74) is 3.79. The lowest BCUT2D eigenvalue weighted by molar-refractivity contribution is -0.113. The molecule has 174 valence electrons. The summed E-state index contributed by atoms with van der Waals surface area (Å²) in [5.74, 6) is 0.600. The molecule has 0 aromatic heterocycles. The van der Waals surface area contributed by atoms with Crippen LogP contribution in [0.15, 0.2) is 95.9 Å². The van der Waals surface area contributed by atoms with Gasteiger partial charge in [-0.1, -0.05) is 84.6 Å². The van der Waals surface area contributed by atoms with Crippen LogP contribution in [0, 0.1) is 0 Å². The lowest BCUT2D eigenvalue weighted by Crippen LogP contribution is -2.27. The normalized spacial score (nSPS) is 14.7. The molecule has 5 rings (SSSR count). The van der Waals surface area contributed by atoms with E-state index in [1.165, 1.54) is 22.5 Å². The van der Waals surface area contributed by atoms with Crippen molar-refractivity contribution in [2.45, 2.75) is 6.61 Å². The smallest absolute Gasteiger partial charge is 0.270 e. The highest BCUT2D eigenvalue weighted by Crippen LogP contribution is 2.37. The third-order valence-corrected chi connectivity index (χ3v) is 7.19. The highest BCUT2D eigenvalue weighted by atomic mass is 32.2. The van der Waals surface area contributed by atoms with Gasteiger partial charge in [-0.2, -0.15) is 0 Å². The number of benzene rings is 4. The zero-order valence-corrected chi connectivity index (χ0v) is 21.1. The van der Waals surface area contributed by atoms with Crippen LogP contribution in [-0.4, -0.2) is 24.3 Å². The Morgan fingerprint density at radius 1 is 0.914 bits per heavy atom. The number of hydrogen-bond acceptors (Lipinski definition) is 5. The number of hydrogen-bond donors (Lipinski definition) is 0. The molecule has 1 aliphatic rings. The van der Waals surface area contributed by atoms with Crippen LogP contribution < -0.4 is 14.5 Å². The Kier molecular flexibility index (Phi) is 6.57. The molecule has 1 amide bonds. The van der Waals surface area contributed by atoms with Crippen molar-refractivity contribution in [2.75, 3.05) is 23.9 Å². The van der Waals surface area contributed by atoms with Crippen LogP contribution in [0.25, 0.3) is 16.8 Å². The third kappa shape index (κ3) is 4.81. The molecule has 1 heterocycles. The quantitative estimate of drug-likeness (QED) is 0.214. The van der Waals surface area contributed by atoms with Gasteiger partial charge in [0.1, 0.15) is 12.4 Å². The van der Waals surface area contributed by atoms with Crippen LogP contribution in [-0.2, 0) is 11.4 Å². The van der Waals surface area contributed by atoms with Gasteiger partial charge < -0.3 is 9.64 Å². The summed E-state index contributed by atoms with van der Waals surface area (Å²) >= 11 is 6.87. The molecule has 1 aliphatic heterocycles. The molecule has 0 bridgehead atoms. The summed E-state index contributed by atoms with van der Waals surface area (Å²) in [4.78, 5) is 17.5. The van der Waals surface area contributed by atoms with E-state index in [2.05, 4.69) is 24.3 Å². The van der Waals surface area contributed by atoms with E-state index >= 15 is 0 Å². The third-order valence-electron chi connectivity index (χ3n) is 5.89. The van der Waals surface area contributed by atoms with Crippen LogP contribution in [0.1, 0.15) is 11.1 Å². The predicted octanol–water partition coefficient (Wildman–Crippen LogP) is 6.89. The molecule has 1 saturated heterocycles. The number of carbonyl (C=O) groups is 1. The number of para-hydroxylation sites is 1. The molecule has 0 saturated carbocycles. The van der Waals surface area contributed by atoms with Crippen molar-refractivity contribution >= 4 is 62.4 Å². The molecule has 35 heavy (non-hydrogen) atoms. The zero-order chi connectivity index (χ0) is 24.4. The highest BCUT2D eigenvalue weighted by Gasteiger charge is 2.33. The van der Waals surface area contributed by atoms with Gasteiger partial charge in [-0.3, -0.25) is 9.69 Å². The van der Waals surface area contributed by atoms with Gasteiger partial charge in [-0.15, -0.1) is 0 Å². The second kappa shape index (κ2) is 9.94. The van der Waals surface area contributed by atoms with Gasteiger partial charge in [-0.25, -0.2) is 0 Å². The van der Waals surface area contributed by atoms with E-state index in [0.717, 1.165) is 28.3 Å². The SMILES string of the molecule is CN(C)c1ccc(N2C(=O)C(=Cc3ccccc3OCc3cccc4ccccc34)SC2=S)cc1. The van der Waals surface area contributed by atoms with Crippen LogP contribution in [0.5, 0.6) is 5.75 Å². The van der Waals surface area contributed by atoms with Crippen LogP contribution >= 0.6 is 24.0 Å². The number of carbonyl (C=O) groups excluding carboxylic acids is 1. The summed E-state index contributed by atoms with van der Waals surface area (Å²) in [6.07, 6.45) is 1.87. The van der Waals surface area contributed by atoms with Gasteiger partial charge in [0.15, 0.2) is 4.32 Å². The van der Waals surface area contributed by atoms with Crippen molar-refractivity contribution in [2.24, 2.45) is 0 Å². The first-order chi connectivity index (χ1) is 17.0. The van der Waals surface area contributed by atoms with Gasteiger partial charge in [-0.05, 0) is 52.7 Å². The standard InChI is InChI=1S/C29H24N2O2S2/c1-30(2)23-14-16-24(17-15-23)31-28(32)27(35-29(31)34)18-21-9-4-6-13-26(21)33-19-22-11-7-10-20-8-3-5-12-25(20)22/h3-18H,19H2,1-2H3.